The highest BCUT2D eigenvalue weighted by molar-refractivity contribution is 4.97. The van der Waals surface area contributed by atoms with Crippen molar-refractivity contribution in [1.29, 1.82) is 0 Å². The average Bonchev–Trinajstić information content (AvgIpc) is 2.45. The van der Waals surface area contributed by atoms with Crippen LogP contribution in [0.1, 0.15) is 58.3 Å². The first kappa shape index (κ1) is 17.1. The Bertz CT molecular complexity index is 330. The van der Waals surface area contributed by atoms with Crippen LogP contribution in [0.2, 0.25) is 0 Å². The van der Waals surface area contributed by atoms with Crippen LogP contribution in [0.3, 0.4) is 0 Å². The molecule has 6 unspecified atom stereocenters. The lowest BCUT2D eigenvalue weighted by Gasteiger charge is -2.46. The van der Waals surface area contributed by atoms with Crippen LogP contribution in [0.25, 0.3) is 0 Å². The Morgan fingerprint density at radius 2 is 1.29 bits per heavy atom. The molecule has 3 aliphatic carbocycles. The van der Waals surface area contributed by atoms with Crippen LogP contribution in [0.15, 0.2) is 0 Å². The molecule has 3 saturated carbocycles. The van der Waals surface area contributed by atoms with Gasteiger partial charge in [-0.1, -0.05) is 19.8 Å². The first-order chi connectivity index (χ1) is 9.56. The zero-order valence-electron chi connectivity index (χ0n) is 12.9. The second-order valence-electron chi connectivity index (χ2n) is 7.66. The fraction of sp³-hybridized carbons (Fsp3) is 1.00. The van der Waals surface area contributed by atoms with E-state index in [0.29, 0.717) is 5.92 Å². The fourth-order valence-corrected chi connectivity index (χ4v) is 5.05. The van der Waals surface area contributed by atoms with Crippen molar-refractivity contribution in [3.05, 3.63) is 0 Å². The first-order valence-electron chi connectivity index (χ1n) is 8.48. The Morgan fingerprint density at radius 3 is 1.95 bits per heavy atom. The van der Waals surface area contributed by atoms with Gasteiger partial charge in [0.1, 0.15) is 12.3 Å². The van der Waals surface area contributed by atoms with Gasteiger partial charge in [0.15, 0.2) is 6.17 Å². The van der Waals surface area contributed by atoms with Gasteiger partial charge in [-0.25, -0.2) is 13.2 Å². The van der Waals surface area contributed by atoms with Crippen LogP contribution in [0.5, 0.6) is 0 Å². The van der Waals surface area contributed by atoms with Crippen molar-refractivity contribution < 1.29 is 18.6 Å². The predicted molar refractivity (Wildman–Crippen MR) is 78.4 cm³/mol. The third-order valence-corrected chi connectivity index (χ3v) is 6.40. The third-order valence-electron chi connectivity index (χ3n) is 6.40. The van der Waals surface area contributed by atoms with E-state index < -0.39 is 18.5 Å². The summed E-state index contributed by atoms with van der Waals surface area (Å²) < 4.78 is 41.1. The lowest BCUT2D eigenvalue weighted by molar-refractivity contribution is -0.0573. The summed E-state index contributed by atoms with van der Waals surface area (Å²) in [4.78, 5) is 0. The van der Waals surface area contributed by atoms with Crippen LogP contribution >= 0.6 is 0 Å². The summed E-state index contributed by atoms with van der Waals surface area (Å²) in [5.41, 5.74) is 0. The number of halogens is 3. The van der Waals surface area contributed by atoms with Gasteiger partial charge in [0, 0.05) is 0 Å². The maximum Gasteiger partial charge on any atom is 0.162 e. The van der Waals surface area contributed by atoms with Crippen molar-refractivity contribution in [3.63, 3.8) is 0 Å². The van der Waals surface area contributed by atoms with Gasteiger partial charge in [0.25, 0.3) is 0 Å². The minimum atomic E-state index is -1.87. The first-order valence-corrected chi connectivity index (χ1v) is 8.48. The van der Waals surface area contributed by atoms with E-state index in [9.17, 15) is 13.2 Å². The van der Waals surface area contributed by atoms with Gasteiger partial charge >= 0.3 is 0 Å². The predicted octanol–water partition coefficient (Wildman–Crippen LogP) is 4.44. The highest BCUT2D eigenvalue weighted by atomic mass is 19.2. The molecule has 0 radical (unpaired) electrons. The smallest absolute Gasteiger partial charge is 0.162 e. The van der Waals surface area contributed by atoms with Crippen LogP contribution < -0.4 is 0 Å². The van der Waals surface area contributed by atoms with Crippen LogP contribution in [0.4, 0.5) is 13.2 Å². The summed E-state index contributed by atoms with van der Waals surface area (Å²) in [5.74, 6) is 2.11. The number of hydrogen-bond acceptors (Lipinski definition) is 0. The second-order valence-corrected chi connectivity index (χ2v) is 7.66. The number of fused-ring (bicyclic) bond motifs is 1. The van der Waals surface area contributed by atoms with Crippen molar-refractivity contribution >= 4 is 0 Å². The molecule has 0 aromatic heterocycles. The molecule has 0 spiro atoms. The average molecular weight is 306 g/mol. The van der Waals surface area contributed by atoms with E-state index in [1.165, 1.54) is 25.7 Å². The maximum absolute atomic E-state index is 14.0. The summed E-state index contributed by atoms with van der Waals surface area (Å²) in [5, 5.41) is 0. The Balaban J connectivity index is 0.00000161. The molecule has 0 saturated heterocycles. The van der Waals surface area contributed by atoms with Crippen molar-refractivity contribution in [2.45, 2.75) is 76.8 Å². The van der Waals surface area contributed by atoms with Crippen molar-refractivity contribution in [2.24, 2.45) is 29.6 Å². The van der Waals surface area contributed by atoms with Crippen molar-refractivity contribution in [1.82, 2.24) is 0 Å². The molecule has 0 aliphatic heterocycles. The van der Waals surface area contributed by atoms with Gasteiger partial charge in [-0.2, -0.15) is 0 Å². The molecule has 124 valence electrons. The molecule has 0 aromatic carbocycles. The summed E-state index contributed by atoms with van der Waals surface area (Å²) in [6, 6.07) is 0. The standard InChI is InChI=1S/C17H27F3.H2O/c1-10-2-4-11(5-3-10)12-6-7-14-13(8-12)9-15(18)17(20)16(14)19;/h10-17H,2-9H2,1H3;1H2. The van der Waals surface area contributed by atoms with E-state index in [-0.39, 0.29) is 23.7 Å². The minimum Gasteiger partial charge on any atom is -0.412 e. The highest BCUT2D eigenvalue weighted by Gasteiger charge is 2.48. The van der Waals surface area contributed by atoms with Gasteiger partial charge in [-0.05, 0) is 68.1 Å². The molecule has 0 heterocycles. The van der Waals surface area contributed by atoms with Gasteiger partial charge in [0.2, 0.25) is 0 Å². The molecule has 3 fully saturated rings. The number of hydrogen-bond donors (Lipinski definition) is 0. The van der Waals surface area contributed by atoms with Crippen LogP contribution in [-0.4, -0.2) is 24.0 Å². The Morgan fingerprint density at radius 1 is 0.667 bits per heavy atom. The van der Waals surface area contributed by atoms with Gasteiger partial charge < -0.3 is 5.48 Å². The normalized spacial score (nSPS) is 50.9. The minimum absolute atomic E-state index is 0. The van der Waals surface area contributed by atoms with Crippen molar-refractivity contribution in [2.75, 3.05) is 0 Å². The van der Waals surface area contributed by atoms with Crippen LogP contribution in [0, 0.1) is 29.6 Å². The van der Waals surface area contributed by atoms with Gasteiger partial charge in [0.05, 0.1) is 0 Å². The second kappa shape index (κ2) is 6.89. The topological polar surface area (TPSA) is 31.5 Å². The lowest BCUT2D eigenvalue weighted by Crippen LogP contribution is -2.47. The summed E-state index contributed by atoms with van der Waals surface area (Å²) in [7, 11) is 0. The third kappa shape index (κ3) is 3.40. The van der Waals surface area contributed by atoms with Crippen LogP contribution in [-0.2, 0) is 0 Å². The lowest BCUT2D eigenvalue weighted by atomic mass is 9.61. The zero-order chi connectivity index (χ0) is 14.3. The molecule has 2 N–H and O–H groups in total. The molecule has 1 nitrogen and oxygen atoms in total. The monoisotopic (exact) mass is 306 g/mol. The van der Waals surface area contributed by atoms with Gasteiger partial charge in [-0.15, -0.1) is 0 Å². The quantitative estimate of drug-likeness (QED) is 0.686. The molecular formula is C17H29F3O. The fourth-order valence-electron chi connectivity index (χ4n) is 5.05. The van der Waals surface area contributed by atoms with E-state index in [1.807, 2.05) is 0 Å². The highest BCUT2D eigenvalue weighted by Crippen LogP contribution is 2.49. The van der Waals surface area contributed by atoms with E-state index in [0.717, 1.165) is 31.1 Å². The van der Waals surface area contributed by atoms with E-state index in [1.54, 1.807) is 0 Å². The Kier molecular flexibility index (Phi) is 5.61. The molecule has 3 rings (SSSR count). The molecule has 6 atom stereocenters. The molecular weight excluding hydrogens is 277 g/mol. The zero-order valence-corrected chi connectivity index (χ0v) is 12.9. The van der Waals surface area contributed by atoms with E-state index in [4.69, 9.17) is 0 Å². The van der Waals surface area contributed by atoms with E-state index in [2.05, 4.69) is 6.92 Å². The summed E-state index contributed by atoms with van der Waals surface area (Å²) >= 11 is 0. The Hall–Kier alpha value is -0.250. The summed E-state index contributed by atoms with van der Waals surface area (Å²) in [6.07, 6.45) is 3.18. The molecule has 0 bridgehead atoms. The molecule has 0 amide bonds. The summed E-state index contributed by atoms with van der Waals surface area (Å²) in [6.45, 7) is 2.32. The number of rotatable bonds is 1. The Labute approximate surface area is 126 Å². The van der Waals surface area contributed by atoms with Crippen molar-refractivity contribution in [3.8, 4) is 0 Å². The van der Waals surface area contributed by atoms with E-state index >= 15 is 0 Å². The molecule has 4 heteroatoms. The molecule has 21 heavy (non-hydrogen) atoms. The molecule has 3 aliphatic rings. The SMILES string of the molecule is CC1CCC(C2CCC3C(CC(F)C(F)C3F)C2)CC1.O. The maximum atomic E-state index is 14.0. The largest absolute Gasteiger partial charge is 0.412 e. The van der Waals surface area contributed by atoms with Gasteiger partial charge in [-0.3, -0.25) is 0 Å². The number of alkyl halides is 3. The molecule has 0 aromatic rings.